The lowest BCUT2D eigenvalue weighted by molar-refractivity contribution is -0.892. The van der Waals surface area contributed by atoms with Gasteiger partial charge in [-0.15, -0.1) is 0 Å². The number of rotatable bonds is 5. The van der Waals surface area contributed by atoms with Crippen molar-refractivity contribution in [2.24, 2.45) is 5.92 Å². The molecule has 2 aliphatic rings. The van der Waals surface area contributed by atoms with E-state index in [0.29, 0.717) is 31.2 Å². The van der Waals surface area contributed by atoms with Gasteiger partial charge in [-0.1, -0.05) is 6.07 Å². The van der Waals surface area contributed by atoms with Crippen LogP contribution in [-0.4, -0.2) is 44.7 Å². The zero-order chi connectivity index (χ0) is 18.0. The number of amides is 1. The summed E-state index contributed by atoms with van der Waals surface area (Å²) in [4.78, 5) is 15.2. The lowest BCUT2D eigenvalue weighted by atomic mass is 10.1. The molecule has 1 amide bonds. The van der Waals surface area contributed by atoms with Gasteiger partial charge in [0.05, 0.1) is 31.7 Å². The molecule has 0 spiro atoms. The number of quaternary nitrogens is 1. The van der Waals surface area contributed by atoms with E-state index in [1.807, 2.05) is 4.90 Å². The molecule has 0 radical (unpaired) electrons. The number of piperazine rings is 1. The fourth-order valence-corrected chi connectivity index (χ4v) is 3.38. The molecule has 1 aromatic rings. The Hall–Kier alpha value is -1.76. The number of hydrogen-bond acceptors (Lipinski definition) is 2. The summed E-state index contributed by atoms with van der Waals surface area (Å²) in [6.07, 6.45) is -1.92. The van der Waals surface area contributed by atoms with Crippen LogP contribution >= 0.6 is 0 Å². The van der Waals surface area contributed by atoms with Gasteiger partial charge in [-0.3, -0.25) is 4.79 Å². The average molecular weight is 356 g/mol. The van der Waals surface area contributed by atoms with Gasteiger partial charge >= 0.3 is 6.18 Å². The molecule has 1 aliphatic carbocycles. The van der Waals surface area contributed by atoms with Crippen molar-refractivity contribution >= 4 is 11.6 Å². The standard InChI is InChI=1S/C18H24F3N3O/c1-13(14-5-6-14)22-17(25)12-23-7-9-24(10-8-23)16-4-2-3-15(11-16)18(19,20)21/h2-4,11,13-14H,5-10,12H2,1H3,(H,22,25)/p+1/t13-/m1/s1. The molecule has 1 heterocycles. The third kappa shape index (κ3) is 4.87. The molecule has 1 saturated carbocycles. The fourth-order valence-electron chi connectivity index (χ4n) is 3.38. The number of hydrogen-bond donors (Lipinski definition) is 2. The van der Waals surface area contributed by atoms with Crippen LogP contribution in [0, 0.1) is 5.92 Å². The first-order chi connectivity index (χ1) is 11.8. The molecule has 0 unspecified atom stereocenters. The van der Waals surface area contributed by atoms with Gasteiger partial charge in [-0.05, 0) is 43.9 Å². The first-order valence-electron chi connectivity index (χ1n) is 8.88. The van der Waals surface area contributed by atoms with Crippen LogP contribution in [0.4, 0.5) is 18.9 Å². The highest BCUT2D eigenvalue weighted by molar-refractivity contribution is 5.77. The maximum atomic E-state index is 12.8. The van der Waals surface area contributed by atoms with Crippen LogP contribution in [-0.2, 0) is 11.0 Å². The zero-order valence-corrected chi connectivity index (χ0v) is 14.4. The Morgan fingerprint density at radius 1 is 1.32 bits per heavy atom. The molecular weight excluding hydrogens is 331 g/mol. The number of alkyl halides is 3. The van der Waals surface area contributed by atoms with Crippen LogP contribution in [0.3, 0.4) is 0 Å². The van der Waals surface area contributed by atoms with Gasteiger partial charge in [0.15, 0.2) is 6.54 Å². The number of benzene rings is 1. The van der Waals surface area contributed by atoms with E-state index in [9.17, 15) is 18.0 Å². The highest BCUT2D eigenvalue weighted by Crippen LogP contribution is 2.32. The summed E-state index contributed by atoms with van der Waals surface area (Å²) in [6, 6.07) is 5.71. The zero-order valence-electron chi connectivity index (χ0n) is 14.4. The van der Waals surface area contributed by atoms with E-state index in [-0.39, 0.29) is 11.9 Å². The summed E-state index contributed by atoms with van der Waals surface area (Å²) in [5, 5.41) is 3.06. The minimum Gasteiger partial charge on any atom is -0.360 e. The predicted octanol–water partition coefficient (Wildman–Crippen LogP) is 1.33. The maximum absolute atomic E-state index is 12.8. The van der Waals surface area contributed by atoms with E-state index in [1.54, 1.807) is 6.07 Å². The van der Waals surface area contributed by atoms with E-state index in [1.165, 1.54) is 29.9 Å². The lowest BCUT2D eigenvalue weighted by Crippen LogP contribution is -3.16. The molecule has 2 N–H and O–H groups in total. The molecule has 0 bridgehead atoms. The Labute approximate surface area is 146 Å². The van der Waals surface area contributed by atoms with Crippen molar-refractivity contribution in [3.8, 4) is 0 Å². The van der Waals surface area contributed by atoms with E-state index in [2.05, 4.69) is 12.2 Å². The molecule has 3 rings (SSSR count). The number of nitrogens with zero attached hydrogens (tertiary/aromatic N) is 1. The highest BCUT2D eigenvalue weighted by Gasteiger charge is 2.32. The van der Waals surface area contributed by atoms with Crippen molar-refractivity contribution in [1.29, 1.82) is 0 Å². The third-order valence-electron chi connectivity index (χ3n) is 5.14. The smallest absolute Gasteiger partial charge is 0.360 e. The minimum absolute atomic E-state index is 0.0712. The third-order valence-corrected chi connectivity index (χ3v) is 5.14. The molecule has 1 atom stereocenters. The maximum Gasteiger partial charge on any atom is 0.416 e. The number of halogens is 3. The topological polar surface area (TPSA) is 36.8 Å². The van der Waals surface area contributed by atoms with Gasteiger partial charge in [-0.2, -0.15) is 13.2 Å². The summed E-state index contributed by atoms with van der Waals surface area (Å²) in [5.41, 5.74) is -0.0195. The van der Waals surface area contributed by atoms with Crippen molar-refractivity contribution in [2.75, 3.05) is 37.6 Å². The number of carbonyl (C=O) groups excluding carboxylic acids is 1. The van der Waals surface area contributed by atoms with Crippen LogP contribution in [0.2, 0.25) is 0 Å². The van der Waals surface area contributed by atoms with Crippen LogP contribution in [0.15, 0.2) is 24.3 Å². The second kappa shape index (κ2) is 7.23. The number of carbonyl (C=O) groups is 1. The number of nitrogens with one attached hydrogen (secondary N) is 2. The molecule has 2 fully saturated rings. The Morgan fingerprint density at radius 3 is 2.60 bits per heavy atom. The van der Waals surface area contributed by atoms with Crippen LogP contribution in [0.25, 0.3) is 0 Å². The SMILES string of the molecule is C[C@@H](NC(=O)C[NH+]1CCN(c2cccc(C(F)(F)F)c2)CC1)C1CC1. The number of anilines is 1. The molecule has 7 heteroatoms. The van der Waals surface area contributed by atoms with Gasteiger partial charge in [0.25, 0.3) is 5.91 Å². The Bertz CT molecular complexity index is 608. The van der Waals surface area contributed by atoms with Gasteiger partial charge in [0.1, 0.15) is 0 Å². The van der Waals surface area contributed by atoms with Crippen LogP contribution < -0.4 is 15.1 Å². The molecule has 138 valence electrons. The average Bonchev–Trinajstić information content (AvgIpc) is 3.40. The summed E-state index contributed by atoms with van der Waals surface area (Å²) in [6.45, 7) is 5.30. The lowest BCUT2D eigenvalue weighted by Gasteiger charge is -2.33. The fraction of sp³-hybridized carbons (Fsp3) is 0.611. The first kappa shape index (κ1) is 18.0. The Kier molecular flexibility index (Phi) is 5.22. The molecule has 1 saturated heterocycles. The summed E-state index contributed by atoms with van der Waals surface area (Å²) < 4.78 is 38.5. The van der Waals surface area contributed by atoms with E-state index in [0.717, 1.165) is 19.2 Å². The van der Waals surface area contributed by atoms with Crippen LogP contribution in [0.1, 0.15) is 25.3 Å². The molecule has 1 aromatic carbocycles. The van der Waals surface area contributed by atoms with E-state index >= 15 is 0 Å². The van der Waals surface area contributed by atoms with Crippen LogP contribution in [0.5, 0.6) is 0 Å². The molecular formula is C18H25F3N3O+. The van der Waals surface area contributed by atoms with Gasteiger partial charge in [-0.25, -0.2) is 0 Å². The second-order valence-corrected chi connectivity index (χ2v) is 7.16. The Balaban J connectivity index is 1.49. The summed E-state index contributed by atoms with van der Waals surface area (Å²) >= 11 is 0. The van der Waals surface area contributed by atoms with Crippen molar-refractivity contribution in [2.45, 2.75) is 32.0 Å². The largest absolute Gasteiger partial charge is 0.416 e. The summed E-state index contributed by atoms with van der Waals surface area (Å²) in [7, 11) is 0. The normalized spacial score (nSPS) is 20.4. The summed E-state index contributed by atoms with van der Waals surface area (Å²) in [5.74, 6) is 0.707. The molecule has 0 aromatic heterocycles. The van der Waals surface area contributed by atoms with Crippen molar-refractivity contribution < 1.29 is 22.9 Å². The van der Waals surface area contributed by atoms with Crippen molar-refractivity contribution in [3.63, 3.8) is 0 Å². The van der Waals surface area contributed by atoms with Gasteiger partial charge < -0.3 is 15.1 Å². The first-order valence-corrected chi connectivity index (χ1v) is 8.88. The quantitative estimate of drug-likeness (QED) is 0.835. The van der Waals surface area contributed by atoms with Gasteiger partial charge in [0, 0.05) is 11.7 Å². The van der Waals surface area contributed by atoms with E-state index in [4.69, 9.17) is 0 Å². The Morgan fingerprint density at radius 2 is 2.00 bits per heavy atom. The molecule has 4 nitrogen and oxygen atoms in total. The molecule has 25 heavy (non-hydrogen) atoms. The van der Waals surface area contributed by atoms with Gasteiger partial charge in [0.2, 0.25) is 0 Å². The van der Waals surface area contributed by atoms with Crippen molar-refractivity contribution in [1.82, 2.24) is 5.32 Å². The minimum atomic E-state index is -4.32. The van der Waals surface area contributed by atoms with E-state index < -0.39 is 11.7 Å². The molecule has 1 aliphatic heterocycles. The second-order valence-electron chi connectivity index (χ2n) is 7.16. The van der Waals surface area contributed by atoms with Crippen molar-refractivity contribution in [3.05, 3.63) is 29.8 Å². The predicted molar refractivity (Wildman–Crippen MR) is 89.5 cm³/mol. The monoisotopic (exact) mass is 356 g/mol. The highest BCUT2D eigenvalue weighted by atomic mass is 19.4.